The Morgan fingerprint density at radius 3 is 2.49 bits per heavy atom. The predicted octanol–water partition coefficient (Wildman–Crippen LogP) is 3.86. The van der Waals surface area contributed by atoms with Crippen molar-refractivity contribution < 1.29 is 28.3 Å². The van der Waals surface area contributed by atoms with Gasteiger partial charge in [-0.3, -0.25) is 9.59 Å². The van der Waals surface area contributed by atoms with Crippen LogP contribution >= 0.6 is 0 Å². The molecule has 1 aliphatic carbocycles. The Balaban J connectivity index is 1.44. The number of aryl methyl sites for hydroxylation is 1. The molecule has 180 valence electrons. The molecule has 4 rings (SSSR count). The van der Waals surface area contributed by atoms with E-state index in [-0.39, 0.29) is 18.3 Å². The monoisotopic (exact) mass is 475 g/mol. The van der Waals surface area contributed by atoms with E-state index in [1.165, 1.54) is 7.11 Å². The highest BCUT2D eigenvalue weighted by Gasteiger charge is 2.28. The lowest BCUT2D eigenvalue weighted by molar-refractivity contribution is -0.123. The number of carbonyl (C=O) groups is 3. The average molecular weight is 476 g/mol. The lowest BCUT2D eigenvalue weighted by Crippen LogP contribution is -2.27. The molecule has 0 fully saturated rings. The van der Waals surface area contributed by atoms with E-state index in [1.54, 1.807) is 43.3 Å². The van der Waals surface area contributed by atoms with Crippen molar-refractivity contribution in [3.8, 4) is 5.75 Å². The summed E-state index contributed by atoms with van der Waals surface area (Å²) in [7, 11) is 1.31. The van der Waals surface area contributed by atoms with Gasteiger partial charge in [0.25, 0.3) is 11.8 Å². The molecule has 0 aliphatic heterocycles. The highest BCUT2D eigenvalue weighted by atomic mass is 16.5. The first-order valence-corrected chi connectivity index (χ1v) is 11.1. The molecular formula is C26H25N3O6. The second-order valence-corrected chi connectivity index (χ2v) is 7.93. The lowest BCUT2D eigenvalue weighted by Gasteiger charge is -2.13. The maximum absolute atomic E-state index is 12.9. The zero-order valence-corrected chi connectivity index (χ0v) is 19.4. The number of rotatable bonds is 7. The van der Waals surface area contributed by atoms with Crippen LogP contribution in [-0.4, -0.2) is 37.2 Å². The molecule has 0 saturated carbocycles. The smallest absolute Gasteiger partial charge is 0.337 e. The molecule has 1 aromatic heterocycles. The summed E-state index contributed by atoms with van der Waals surface area (Å²) in [5.74, 6) is 0.179. The molecular weight excluding hydrogens is 450 g/mol. The number of ether oxygens (including phenoxy) is 2. The highest BCUT2D eigenvalue weighted by Crippen LogP contribution is 2.30. The van der Waals surface area contributed by atoms with E-state index in [9.17, 15) is 14.4 Å². The van der Waals surface area contributed by atoms with Crippen LogP contribution in [0.1, 0.15) is 50.6 Å². The van der Waals surface area contributed by atoms with Gasteiger partial charge in [-0.1, -0.05) is 18.2 Å². The van der Waals surface area contributed by atoms with E-state index in [0.717, 1.165) is 12.0 Å². The summed E-state index contributed by atoms with van der Waals surface area (Å²) in [6, 6.07) is 15.4. The minimum Gasteiger partial charge on any atom is -0.484 e. The number of esters is 1. The summed E-state index contributed by atoms with van der Waals surface area (Å²) < 4.78 is 16.0. The van der Waals surface area contributed by atoms with E-state index < -0.39 is 11.9 Å². The third-order valence-electron chi connectivity index (χ3n) is 5.52. The molecule has 3 aromatic rings. The summed E-state index contributed by atoms with van der Waals surface area (Å²) in [6.07, 6.45) is 2.09. The second-order valence-electron chi connectivity index (χ2n) is 7.93. The van der Waals surface area contributed by atoms with Crippen LogP contribution in [0, 0.1) is 6.92 Å². The summed E-state index contributed by atoms with van der Waals surface area (Å²) >= 11 is 0. The maximum Gasteiger partial charge on any atom is 0.337 e. The van der Waals surface area contributed by atoms with Crippen LogP contribution in [0.3, 0.4) is 0 Å². The van der Waals surface area contributed by atoms with E-state index in [4.69, 9.17) is 9.15 Å². The second kappa shape index (κ2) is 10.7. The molecule has 2 amide bonds. The van der Waals surface area contributed by atoms with Gasteiger partial charge in [-0.15, -0.1) is 0 Å². The van der Waals surface area contributed by atoms with Gasteiger partial charge >= 0.3 is 5.97 Å². The number of hydrogen-bond donors (Lipinski definition) is 2. The topological polar surface area (TPSA) is 119 Å². The van der Waals surface area contributed by atoms with Gasteiger partial charge in [-0.2, -0.15) is 5.10 Å². The zero-order valence-electron chi connectivity index (χ0n) is 19.4. The summed E-state index contributed by atoms with van der Waals surface area (Å²) in [6.45, 7) is 1.62. The number of carbonyl (C=O) groups excluding carboxylic acids is 3. The normalized spacial score (nSPS) is 13.6. The van der Waals surface area contributed by atoms with E-state index >= 15 is 0 Å². The van der Waals surface area contributed by atoms with Crippen molar-refractivity contribution in [1.29, 1.82) is 0 Å². The Morgan fingerprint density at radius 1 is 1.03 bits per heavy atom. The lowest BCUT2D eigenvalue weighted by atomic mass is 9.93. The Labute approximate surface area is 202 Å². The van der Waals surface area contributed by atoms with Crippen LogP contribution in [0.25, 0.3) is 0 Å². The Kier molecular flexibility index (Phi) is 7.25. The van der Waals surface area contributed by atoms with Crippen LogP contribution in [-0.2, 0) is 16.0 Å². The zero-order chi connectivity index (χ0) is 24.8. The van der Waals surface area contributed by atoms with Crippen LogP contribution in [0.15, 0.2) is 64.1 Å². The van der Waals surface area contributed by atoms with Gasteiger partial charge in [0.2, 0.25) is 0 Å². The fourth-order valence-electron chi connectivity index (χ4n) is 3.82. The molecule has 0 radical (unpaired) electrons. The molecule has 0 saturated heterocycles. The van der Waals surface area contributed by atoms with E-state index in [1.807, 2.05) is 18.2 Å². The molecule has 2 aromatic carbocycles. The first-order chi connectivity index (χ1) is 17.0. The fraction of sp³-hybridized carbons (Fsp3) is 0.231. The SMILES string of the molecule is COC(=O)c1ccc(NC(=O)c2oc3c(c2C)/C(=N/NC(=O)COc2ccccc2)CCC3)cc1. The third-order valence-corrected chi connectivity index (χ3v) is 5.52. The number of anilines is 1. The van der Waals surface area contributed by atoms with Gasteiger partial charge in [-0.05, 0) is 56.2 Å². The molecule has 0 atom stereocenters. The van der Waals surface area contributed by atoms with Gasteiger partial charge < -0.3 is 19.2 Å². The number of hydrazone groups is 1. The first-order valence-electron chi connectivity index (χ1n) is 11.1. The van der Waals surface area contributed by atoms with Crippen LogP contribution in [0.2, 0.25) is 0 Å². The summed E-state index contributed by atoms with van der Waals surface area (Å²) in [5, 5.41) is 7.07. The number of methoxy groups -OCH3 is 1. The maximum atomic E-state index is 12.9. The van der Waals surface area contributed by atoms with Crippen LogP contribution in [0.5, 0.6) is 5.75 Å². The number of nitrogens with zero attached hydrogens (tertiary/aromatic N) is 1. The van der Waals surface area contributed by atoms with Gasteiger partial charge in [0, 0.05) is 23.2 Å². The quantitative estimate of drug-likeness (QED) is 0.396. The van der Waals surface area contributed by atoms with Crippen molar-refractivity contribution in [2.24, 2.45) is 5.10 Å². The minimum atomic E-state index is -0.456. The number of nitrogens with one attached hydrogen (secondary N) is 2. The van der Waals surface area contributed by atoms with Crippen molar-refractivity contribution in [2.45, 2.75) is 26.2 Å². The number of furan rings is 1. The van der Waals surface area contributed by atoms with Gasteiger partial charge in [-0.25, -0.2) is 10.2 Å². The van der Waals surface area contributed by atoms with Crippen molar-refractivity contribution in [1.82, 2.24) is 5.43 Å². The van der Waals surface area contributed by atoms with Crippen LogP contribution in [0.4, 0.5) is 5.69 Å². The first kappa shape index (κ1) is 23.7. The standard InChI is InChI=1S/C26H25N3O6/c1-16-23-20(28-29-22(30)15-34-19-7-4-3-5-8-19)9-6-10-21(23)35-24(16)25(31)27-18-13-11-17(12-14-18)26(32)33-2/h3-5,7-8,11-14H,6,9-10,15H2,1-2H3,(H,27,31)(H,29,30)/b28-20+. The molecule has 9 heteroatoms. The van der Waals surface area contributed by atoms with Crippen LogP contribution < -0.4 is 15.5 Å². The summed E-state index contributed by atoms with van der Waals surface area (Å²) in [4.78, 5) is 36.7. The van der Waals surface area contributed by atoms with E-state index in [2.05, 4.69) is 20.6 Å². The van der Waals surface area contributed by atoms with Gasteiger partial charge in [0.05, 0.1) is 18.4 Å². The molecule has 1 aliphatic rings. The number of fused-ring (bicyclic) bond motifs is 1. The molecule has 0 bridgehead atoms. The van der Waals surface area contributed by atoms with Crippen molar-refractivity contribution in [3.05, 3.63) is 82.8 Å². The molecule has 0 spiro atoms. The fourth-order valence-corrected chi connectivity index (χ4v) is 3.82. The molecule has 0 unspecified atom stereocenters. The number of hydrogen-bond acceptors (Lipinski definition) is 7. The van der Waals surface area contributed by atoms with Crippen molar-refractivity contribution >= 4 is 29.2 Å². The summed E-state index contributed by atoms with van der Waals surface area (Å²) in [5.41, 5.74) is 5.47. The predicted molar refractivity (Wildman–Crippen MR) is 129 cm³/mol. The number of para-hydroxylation sites is 1. The average Bonchev–Trinajstić information content (AvgIpc) is 3.24. The van der Waals surface area contributed by atoms with E-state index in [0.29, 0.717) is 46.9 Å². The molecule has 35 heavy (non-hydrogen) atoms. The highest BCUT2D eigenvalue weighted by molar-refractivity contribution is 6.09. The van der Waals surface area contributed by atoms with Gasteiger partial charge in [0.1, 0.15) is 11.5 Å². The van der Waals surface area contributed by atoms with Crippen molar-refractivity contribution in [2.75, 3.05) is 19.0 Å². The molecule has 2 N–H and O–H groups in total. The Bertz CT molecular complexity index is 1260. The number of benzene rings is 2. The largest absolute Gasteiger partial charge is 0.484 e. The van der Waals surface area contributed by atoms with Crippen molar-refractivity contribution in [3.63, 3.8) is 0 Å². The van der Waals surface area contributed by atoms with Gasteiger partial charge in [0.15, 0.2) is 12.4 Å². The molecule has 1 heterocycles. The Hall–Kier alpha value is -4.40. The minimum absolute atomic E-state index is 0.166. The third kappa shape index (κ3) is 5.57. The molecule has 9 nitrogen and oxygen atoms in total. The number of amides is 2. The Morgan fingerprint density at radius 2 is 1.77 bits per heavy atom.